The van der Waals surface area contributed by atoms with Crippen molar-refractivity contribution < 1.29 is 22.7 Å². The van der Waals surface area contributed by atoms with E-state index in [4.69, 9.17) is 0 Å². The van der Waals surface area contributed by atoms with Gasteiger partial charge in [0, 0.05) is 50.3 Å². The van der Waals surface area contributed by atoms with Crippen molar-refractivity contribution in [1.82, 2.24) is 10.2 Å². The summed E-state index contributed by atoms with van der Waals surface area (Å²) in [4.78, 5) is 1.86. The van der Waals surface area contributed by atoms with Gasteiger partial charge >= 0.3 is 6.18 Å². The molecule has 7 heteroatoms. The lowest BCUT2D eigenvalue weighted by Gasteiger charge is -2.35. The fourth-order valence-electron chi connectivity index (χ4n) is 2.62. The Morgan fingerprint density at radius 2 is 1.90 bits per heavy atom. The lowest BCUT2D eigenvalue weighted by atomic mass is 9.98. The highest BCUT2D eigenvalue weighted by Gasteiger charge is 2.32. The number of piperazine rings is 1. The van der Waals surface area contributed by atoms with Crippen LogP contribution in [0.25, 0.3) is 0 Å². The predicted molar refractivity (Wildman–Crippen MR) is 70.5 cm³/mol. The van der Waals surface area contributed by atoms with Crippen LogP contribution in [-0.4, -0.2) is 42.4 Å². The predicted octanol–water partition coefficient (Wildman–Crippen LogP) is 2.82. The normalized spacial score (nSPS) is 18.7. The maximum Gasteiger partial charge on any atom is 0.389 e. The van der Waals surface area contributed by atoms with Gasteiger partial charge < -0.3 is 10.4 Å². The van der Waals surface area contributed by atoms with Gasteiger partial charge in [-0.3, -0.25) is 4.90 Å². The molecule has 0 aliphatic carbocycles. The van der Waals surface area contributed by atoms with Crippen LogP contribution in [0.15, 0.2) is 18.2 Å². The molecule has 1 atom stereocenters. The molecule has 1 fully saturated rings. The molecule has 1 aliphatic heterocycles. The molecule has 1 heterocycles. The molecule has 21 heavy (non-hydrogen) atoms. The summed E-state index contributed by atoms with van der Waals surface area (Å²) in [5, 5.41) is 12.4. The molecule has 2 rings (SSSR count). The number of aromatic hydroxyl groups is 1. The fraction of sp³-hybridized carbons (Fsp3) is 0.571. The zero-order valence-electron chi connectivity index (χ0n) is 11.5. The average molecular weight is 306 g/mol. The molecule has 0 saturated carbocycles. The number of nitrogens with one attached hydrogen (secondary N) is 1. The number of phenolic OH excluding ortho intramolecular Hbond substituents is 1. The third-order valence-electron chi connectivity index (χ3n) is 3.64. The smallest absolute Gasteiger partial charge is 0.389 e. The highest BCUT2D eigenvalue weighted by molar-refractivity contribution is 5.30. The van der Waals surface area contributed by atoms with Crippen LogP contribution in [0.2, 0.25) is 0 Å². The first kappa shape index (κ1) is 16.0. The Bertz CT molecular complexity index is 473. The summed E-state index contributed by atoms with van der Waals surface area (Å²) in [6.07, 6.45) is -5.41. The summed E-state index contributed by atoms with van der Waals surface area (Å²) in [6, 6.07) is 2.99. The van der Waals surface area contributed by atoms with Gasteiger partial charge in [-0.05, 0) is 12.5 Å². The Hall–Kier alpha value is -1.34. The number of alkyl halides is 3. The van der Waals surface area contributed by atoms with Crippen LogP contribution in [-0.2, 0) is 0 Å². The minimum atomic E-state index is -4.26. The van der Waals surface area contributed by atoms with Crippen molar-refractivity contribution >= 4 is 0 Å². The van der Waals surface area contributed by atoms with Gasteiger partial charge in [0.25, 0.3) is 0 Å². The van der Waals surface area contributed by atoms with Gasteiger partial charge in [0.05, 0.1) is 0 Å². The highest BCUT2D eigenvalue weighted by Crippen LogP contribution is 2.33. The second-order valence-corrected chi connectivity index (χ2v) is 5.16. The van der Waals surface area contributed by atoms with Crippen LogP contribution in [0.4, 0.5) is 17.6 Å². The number of benzene rings is 1. The minimum absolute atomic E-state index is 0.189. The van der Waals surface area contributed by atoms with Gasteiger partial charge in [0.2, 0.25) is 0 Å². The van der Waals surface area contributed by atoms with Crippen molar-refractivity contribution in [2.45, 2.75) is 25.1 Å². The molecule has 3 nitrogen and oxygen atoms in total. The number of hydrogen-bond acceptors (Lipinski definition) is 3. The third kappa shape index (κ3) is 4.57. The average Bonchev–Trinajstić information content (AvgIpc) is 2.41. The third-order valence-corrected chi connectivity index (χ3v) is 3.64. The molecule has 0 amide bonds. The van der Waals surface area contributed by atoms with Crippen LogP contribution >= 0.6 is 0 Å². The van der Waals surface area contributed by atoms with Crippen molar-refractivity contribution in [3.8, 4) is 5.75 Å². The molecule has 0 radical (unpaired) electrons. The Labute approximate surface area is 120 Å². The molecule has 2 N–H and O–H groups in total. The molecular formula is C14H18F4N2O. The van der Waals surface area contributed by atoms with E-state index in [0.717, 1.165) is 6.07 Å². The van der Waals surface area contributed by atoms with Crippen LogP contribution in [0, 0.1) is 5.82 Å². The largest absolute Gasteiger partial charge is 0.508 e. The number of hydrogen-bond donors (Lipinski definition) is 2. The first-order valence-corrected chi connectivity index (χ1v) is 6.87. The zero-order valence-corrected chi connectivity index (χ0v) is 11.5. The van der Waals surface area contributed by atoms with Crippen LogP contribution in [0.3, 0.4) is 0 Å². The van der Waals surface area contributed by atoms with E-state index in [9.17, 15) is 22.7 Å². The standard InChI is InChI=1S/C14H18F4N2O/c15-12-9-10(21)1-2-11(12)13(3-4-14(16,17)18)20-7-5-19-6-8-20/h1-2,9,13,19,21H,3-8H2/t13-/m1/s1. The van der Waals surface area contributed by atoms with Crippen LogP contribution in [0.5, 0.6) is 5.75 Å². The molecule has 118 valence electrons. The van der Waals surface area contributed by atoms with Crippen molar-refractivity contribution in [2.75, 3.05) is 26.2 Å². The van der Waals surface area contributed by atoms with Gasteiger partial charge in [-0.25, -0.2) is 4.39 Å². The van der Waals surface area contributed by atoms with E-state index in [-0.39, 0.29) is 17.7 Å². The molecular weight excluding hydrogens is 288 g/mol. The summed E-state index contributed by atoms with van der Waals surface area (Å²) in [7, 11) is 0. The molecule has 0 unspecified atom stereocenters. The van der Waals surface area contributed by atoms with E-state index >= 15 is 0 Å². The van der Waals surface area contributed by atoms with Gasteiger partial charge in [-0.2, -0.15) is 13.2 Å². The maximum absolute atomic E-state index is 14.0. The van der Waals surface area contributed by atoms with E-state index < -0.39 is 24.5 Å². The Balaban J connectivity index is 2.21. The summed E-state index contributed by atoms with van der Waals surface area (Å²) < 4.78 is 51.5. The number of rotatable bonds is 4. The van der Waals surface area contributed by atoms with Crippen LogP contribution < -0.4 is 5.32 Å². The zero-order chi connectivity index (χ0) is 15.5. The Morgan fingerprint density at radius 3 is 2.48 bits per heavy atom. The van der Waals surface area contributed by atoms with E-state index in [2.05, 4.69) is 5.32 Å². The van der Waals surface area contributed by atoms with Crippen molar-refractivity contribution in [2.24, 2.45) is 0 Å². The Kier molecular flexibility index (Phi) is 5.05. The molecule has 1 aliphatic rings. The van der Waals surface area contributed by atoms with E-state index in [1.165, 1.54) is 12.1 Å². The molecule has 0 bridgehead atoms. The summed E-state index contributed by atoms with van der Waals surface area (Å²) in [5.74, 6) is -0.896. The monoisotopic (exact) mass is 306 g/mol. The summed E-state index contributed by atoms with van der Waals surface area (Å²) in [6.45, 7) is 2.48. The maximum atomic E-state index is 14.0. The van der Waals surface area contributed by atoms with E-state index in [0.29, 0.717) is 26.2 Å². The molecule has 1 aromatic rings. The molecule has 1 saturated heterocycles. The second-order valence-electron chi connectivity index (χ2n) is 5.16. The molecule has 1 aromatic carbocycles. The van der Waals surface area contributed by atoms with Gasteiger partial charge in [-0.15, -0.1) is 0 Å². The van der Waals surface area contributed by atoms with Crippen LogP contribution in [0.1, 0.15) is 24.4 Å². The lowest BCUT2D eigenvalue weighted by molar-refractivity contribution is -0.138. The van der Waals surface area contributed by atoms with Gasteiger partial charge in [0.1, 0.15) is 11.6 Å². The minimum Gasteiger partial charge on any atom is -0.508 e. The molecule has 0 spiro atoms. The number of phenols is 1. The molecule has 0 aromatic heterocycles. The second kappa shape index (κ2) is 6.62. The fourth-order valence-corrected chi connectivity index (χ4v) is 2.62. The summed E-state index contributed by atoms with van der Waals surface area (Å²) in [5.41, 5.74) is 0.207. The highest BCUT2D eigenvalue weighted by atomic mass is 19.4. The van der Waals surface area contributed by atoms with Crippen molar-refractivity contribution in [1.29, 1.82) is 0 Å². The van der Waals surface area contributed by atoms with E-state index in [1.54, 1.807) is 0 Å². The van der Waals surface area contributed by atoms with E-state index in [1.807, 2.05) is 4.90 Å². The van der Waals surface area contributed by atoms with Crippen molar-refractivity contribution in [3.63, 3.8) is 0 Å². The first-order valence-electron chi connectivity index (χ1n) is 6.87. The summed E-state index contributed by atoms with van der Waals surface area (Å²) >= 11 is 0. The van der Waals surface area contributed by atoms with Gasteiger partial charge in [0.15, 0.2) is 0 Å². The first-order chi connectivity index (χ1) is 9.87. The van der Waals surface area contributed by atoms with Gasteiger partial charge in [-0.1, -0.05) is 6.07 Å². The SMILES string of the molecule is Oc1ccc([C@@H](CCC(F)(F)F)N2CCNCC2)c(F)c1. The van der Waals surface area contributed by atoms with Crippen molar-refractivity contribution in [3.05, 3.63) is 29.6 Å². The number of nitrogens with zero attached hydrogens (tertiary/aromatic N) is 1. The lowest BCUT2D eigenvalue weighted by Crippen LogP contribution is -2.45. The quantitative estimate of drug-likeness (QED) is 0.840. The number of halogens is 4. The Morgan fingerprint density at radius 1 is 1.24 bits per heavy atom. The topological polar surface area (TPSA) is 35.5 Å².